The van der Waals surface area contributed by atoms with E-state index in [1.165, 1.54) is 0 Å². The van der Waals surface area contributed by atoms with Crippen LogP contribution in [0.5, 0.6) is 0 Å². The van der Waals surface area contributed by atoms with E-state index in [9.17, 15) is 9.59 Å². The average molecular weight is 323 g/mol. The van der Waals surface area contributed by atoms with Crippen LogP contribution in [-0.2, 0) is 6.54 Å². The van der Waals surface area contributed by atoms with E-state index in [0.29, 0.717) is 23.8 Å². The van der Waals surface area contributed by atoms with Crippen molar-refractivity contribution >= 4 is 17.6 Å². The van der Waals surface area contributed by atoms with Gasteiger partial charge < -0.3 is 16.0 Å². The second kappa shape index (κ2) is 7.17. The van der Waals surface area contributed by atoms with E-state index >= 15 is 0 Å². The highest BCUT2D eigenvalue weighted by Crippen LogP contribution is 2.20. The summed E-state index contributed by atoms with van der Waals surface area (Å²) in [5, 5.41) is 8.51. The molecule has 0 atom stereocenters. The summed E-state index contributed by atoms with van der Waals surface area (Å²) in [6.45, 7) is 2.47. The van der Waals surface area contributed by atoms with Crippen molar-refractivity contribution in [3.8, 4) is 0 Å². The Bertz CT molecular complexity index is 754. The van der Waals surface area contributed by atoms with E-state index in [-0.39, 0.29) is 11.9 Å². The number of rotatable bonds is 5. The van der Waals surface area contributed by atoms with Crippen molar-refractivity contribution in [2.24, 2.45) is 0 Å². The van der Waals surface area contributed by atoms with Gasteiger partial charge in [-0.25, -0.2) is 4.79 Å². The molecule has 0 spiro atoms. The number of hydrogen-bond donors (Lipinski definition) is 3. The number of anilines is 1. The maximum atomic E-state index is 12.0. The average Bonchev–Trinajstić information content (AvgIpc) is 3.37. The number of aryl methyl sites for hydroxylation is 1. The third kappa shape index (κ3) is 4.59. The fraction of sp³-hybridized carbons (Fsp3) is 0.263. The Morgan fingerprint density at radius 2 is 1.88 bits per heavy atom. The molecule has 0 radical (unpaired) electrons. The van der Waals surface area contributed by atoms with Gasteiger partial charge in [-0.05, 0) is 43.5 Å². The maximum Gasteiger partial charge on any atom is 0.319 e. The van der Waals surface area contributed by atoms with Gasteiger partial charge in [0.1, 0.15) is 0 Å². The van der Waals surface area contributed by atoms with Crippen LogP contribution in [0.25, 0.3) is 0 Å². The Hall–Kier alpha value is -2.82. The van der Waals surface area contributed by atoms with Gasteiger partial charge in [0.2, 0.25) is 0 Å². The molecule has 5 heteroatoms. The first-order valence-corrected chi connectivity index (χ1v) is 8.11. The van der Waals surface area contributed by atoms with Crippen LogP contribution >= 0.6 is 0 Å². The molecule has 24 heavy (non-hydrogen) atoms. The topological polar surface area (TPSA) is 70.2 Å². The quantitative estimate of drug-likeness (QED) is 0.791. The van der Waals surface area contributed by atoms with Crippen molar-refractivity contribution in [2.75, 3.05) is 5.32 Å². The lowest BCUT2D eigenvalue weighted by atomic mass is 10.1. The summed E-state index contributed by atoms with van der Waals surface area (Å²) in [5.41, 5.74) is 3.35. The van der Waals surface area contributed by atoms with Crippen molar-refractivity contribution < 1.29 is 9.59 Å². The zero-order chi connectivity index (χ0) is 16.9. The van der Waals surface area contributed by atoms with Crippen LogP contribution in [0.1, 0.15) is 34.3 Å². The second-order valence-corrected chi connectivity index (χ2v) is 6.13. The fourth-order valence-electron chi connectivity index (χ4n) is 2.41. The zero-order valence-electron chi connectivity index (χ0n) is 13.6. The Kier molecular flexibility index (Phi) is 4.79. The minimum atomic E-state index is -0.295. The molecule has 1 fully saturated rings. The van der Waals surface area contributed by atoms with E-state index in [1.54, 1.807) is 24.3 Å². The summed E-state index contributed by atoms with van der Waals surface area (Å²) in [6.07, 6.45) is 2.09. The first-order valence-electron chi connectivity index (χ1n) is 8.11. The van der Waals surface area contributed by atoms with Crippen molar-refractivity contribution in [2.45, 2.75) is 32.4 Å². The van der Waals surface area contributed by atoms with E-state index < -0.39 is 0 Å². The molecule has 0 bridgehead atoms. The molecule has 3 rings (SSSR count). The smallest absolute Gasteiger partial charge is 0.319 e. The highest BCUT2D eigenvalue weighted by Gasteiger charge is 2.23. The number of urea groups is 1. The van der Waals surface area contributed by atoms with Gasteiger partial charge in [-0.2, -0.15) is 0 Å². The van der Waals surface area contributed by atoms with Crippen LogP contribution in [0.3, 0.4) is 0 Å². The minimum Gasteiger partial charge on any atom is -0.349 e. The number of hydrogen-bond acceptors (Lipinski definition) is 2. The Labute approximate surface area is 141 Å². The van der Waals surface area contributed by atoms with Crippen LogP contribution in [-0.4, -0.2) is 18.0 Å². The van der Waals surface area contributed by atoms with E-state index in [1.807, 2.05) is 31.2 Å². The third-order valence-corrected chi connectivity index (χ3v) is 3.83. The Morgan fingerprint density at radius 1 is 1.08 bits per heavy atom. The number of nitrogens with one attached hydrogen (secondary N) is 3. The minimum absolute atomic E-state index is 0.0960. The first kappa shape index (κ1) is 16.1. The summed E-state index contributed by atoms with van der Waals surface area (Å²) in [5.74, 6) is -0.0960. The molecule has 0 unspecified atom stereocenters. The summed E-state index contributed by atoms with van der Waals surface area (Å²) in [7, 11) is 0. The molecular weight excluding hydrogens is 302 g/mol. The van der Waals surface area contributed by atoms with Crippen LogP contribution in [0.2, 0.25) is 0 Å². The molecule has 3 N–H and O–H groups in total. The Morgan fingerprint density at radius 3 is 2.62 bits per heavy atom. The third-order valence-electron chi connectivity index (χ3n) is 3.83. The maximum absolute atomic E-state index is 12.0. The molecule has 1 saturated carbocycles. The lowest BCUT2D eigenvalue weighted by molar-refractivity contribution is 0.0951. The molecule has 2 aromatic rings. The van der Waals surface area contributed by atoms with Gasteiger partial charge in [-0.3, -0.25) is 4.79 Å². The van der Waals surface area contributed by atoms with Crippen LogP contribution in [0, 0.1) is 6.92 Å². The van der Waals surface area contributed by atoms with Crippen molar-refractivity contribution in [1.29, 1.82) is 0 Å². The van der Waals surface area contributed by atoms with E-state index in [4.69, 9.17) is 0 Å². The molecule has 1 aliphatic carbocycles. The summed E-state index contributed by atoms with van der Waals surface area (Å²) in [6, 6.07) is 15.0. The monoisotopic (exact) mass is 323 g/mol. The van der Waals surface area contributed by atoms with Gasteiger partial charge >= 0.3 is 6.03 Å². The zero-order valence-corrected chi connectivity index (χ0v) is 13.6. The lowest BCUT2D eigenvalue weighted by Crippen LogP contribution is -2.28. The number of benzene rings is 2. The molecule has 0 aromatic heterocycles. The molecule has 0 heterocycles. The number of carbonyl (C=O) groups is 2. The fourth-order valence-corrected chi connectivity index (χ4v) is 2.41. The van der Waals surface area contributed by atoms with Gasteiger partial charge in [-0.15, -0.1) is 0 Å². The molecule has 124 valence electrons. The second-order valence-electron chi connectivity index (χ2n) is 6.13. The van der Waals surface area contributed by atoms with Crippen molar-refractivity contribution in [1.82, 2.24) is 10.6 Å². The van der Waals surface area contributed by atoms with Gasteiger partial charge in [0.05, 0.1) is 0 Å². The van der Waals surface area contributed by atoms with E-state index in [0.717, 1.165) is 24.0 Å². The van der Waals surface area contributed by atoms with E-state index in [2.05, 4.69) is 16.0 Å². The first-order chi connectivity index (χ1) is 11.6. The molecule has 0 saturated heterocycles. The number of carbonyl (C=O) groups excluding carboxylic acids is 2. The summed E-state index contributed by atoms with van der Waals surface area (Å²) < 4.78 is 0. The molecule has 3 amide bonds. The van der Waals surface area contributed by atoms with Crippen molar-refractivity contribution in [3.05, 3.63) is 65.2 Å². The standard InChI is InChI=1S/C19H21N3O2/c1-13-4-2-5-14(10-13)12-20-19(24)22-17-7-3-6-15(11-17)18(23)21-16-8-9-16/h2-7,10-11,16H,8-9,12H2,1H3,(H,21,23)(H2,20,22,24). The number of amides is 3. The van der Waals surface area contributed by atoms with Crippen molar-refractivity contribution in [3.63, 3.8) is 0 Å². The van der Waals surface area contributed by atoms with Gasteiger partial charge in [0.15, 0.2) is 0 Å². The van der Waals surface area contributed by atoms with Gasteiger partial charge in [0, 0.05) is 23.8 Å². The molecule has 2 aromatic carbocycles. The molecule has 1 aliphatic rings. The Balaban J connectivity index is 1.54. The molecule has 0 aliphatic heterocycles. The van der Waals surface area contributed by atoms with Crippen LogP contribution in [0.15, 0.2) is 48.5 Å². The van der Waals surface area contributed by atoms with Gasteiger partial charge in [-0.1, -0.05) is 35.9 Å². The predicted molar refractivity (Wildman–Crippen MR) is 94.0 cm³/mol. The van der Waals surface area contributed by atoms with Gasteiger partial charge in [0.25, 0.3) is 5.91 Å². The molecule has 5 nitrogen and oxygen atoms in total. The van der Waals surface area contributed by atoms with Crippen LogP contribution in [0.4, 0.5) is 10.5 Å². The highest BCUT2D eigenvalue weighted by atomic mass is 16.2. The summed E-state index contributed by atoms with van der Waals surface area (Å²) in [4.78, 5) is 24.1. The largest absolute Gasteiger partial charge is 0.349 e. The predicted octanol–water partition coefficient (Wildman–Crippen LogP) is 3.21. The molecular formula is C19H21N3O2. The highest BCUT2D eigenvalue weighted by molar-refractivity contribution is 5.97. The lowest BCUT2D eigenvalue weighted by Gasteiger charge is -2.10. The normalized spacial score (nSPS) is 13.2. The SMILES string of the molecule is Cc1cccc(CNC(=O)Nc2cccc(C(=O)NC3CC3)c2)c1. The summed E-state index contributed by atoms with van der Waals surface area (Å²) >= 11 is 0. The van der Waals surface area contributed by atoms with Crippen LogP contribution < -0.4 is 16.0 Å².